The van der Waals surface area contributed by atoms with Crippen LogP contribution >= 0.6 is 0 Å². The molecule has 2 rings (SSSR count). The number of rotatable bonds is 8. The van der Waals surface area contributed by atoms with Crippen molar-refractivity contribution in [2.24, 2.45) is 0 Å². The minimum atomic E-state index is -1.04. The van der Waals surface area contributed by atoms with Gasteiger partial charge in [0.15, 0.2) is 0 Å². The summed E-state index contributed by atoms with van der Waals surface area (Å²) >= 11 is 0. The number of amides is 1. The number of nitrogens with one attached hydrogen (secondary N) is 1. The van der Waals surface area contributed by atoms with Crippen molar-refractivity contribution in [3.05, 3.63) is 35.9 Å². The van der Waals surface area contributed by atoms with E-state index in [1.165, 1.54) is 0 Å². The highest BCUT2D eigenvalue weighted by Gasteiger charge is 2.42. The zero-order valence-corrected chi connectivity index (χ0v) is 12.7. The smallest absolute Gasteiger partial charge is 0.329 e. The first-order chi connectivity index (χ1) is 10.6. The molecule has 2 N–H and O–H groups in total. The maximum absolute atomic E-state index is 11.9. The summed E-state index contributed by atoms with van der Waals surface area (Å²) in [5.41, 5.74) is 0.0601. The molecular formula is C17H23NO4. The summed E-state index contributed by atoms with van der Waals surface area (Å²) in [6, 6.07) is 9.85. The van der Waals surface area contributed by atoms with E-state index in [4.69, 9.17) is 4.74 Å². The Morgan fingerprint density at radius 2 is 1.86 bits per heavy atom. The molecule has 0 radical (unpaired) electrons. The Balaban J connectivity index is 1.64. The van der Waals surface area contributed by atoms with E-state index in [0.29, 0.717) is 38.9 Å². The van der Waals surface area contributed by atoms with Gasteiger partial charge in [-0.05, 0) is 24.8 Å². The van der Waals surface area contributed by atoms with Gasteiger partial charge in [0.1, 0.15) is 5.54 Å². The number of hydrogen-bond acceptors (Lipinski definition) is 3. The van der Waals surface area contributed by atoms with Crippen molar-refractivity contribution in [2.45, 2.75) is 50.7 Å². The molecular weight excluding hydrogens is 282 g/mol. The molecule has 0 heterocycles. The van der Waals surface area contributed by atoms with Gasteiger partial charge in [0.25, 0.3) is 0 Å². The first-order valence-electron chi connectivity index (χ1n) is 7.78. The number of benzene rings is 1. The van der Waals surface area contributed by atoms with Crippen molar-refractivity contribution in [1.82, 2.24) is 5.32 Å². The lowest BCUT2D eigenvalue weighted by Crippen LogP contribution is -2.52. The maximum Gasteiger partial charge on any atom is 0.329 e. The Morgan fingerprint density at radius 3 is 2.50 bits per heavy atom. The Morgan fingerprint density at radius 1 is 1.18 bits per heavy atom. The minimum absolute atomic E-state index is 0.201. The molecule has 1 aliphatic rings. The molecule has 5 heteroatoms. The lowest BCUT2D eigenvalue weighted by molar-refractivity contribution is -0.147. The van der Waals surface area contributed by atoms with Crippen LogP contribution in [-0.4, -0.2) is 29.1 Å². The van der Waals surface area contributed by atoms with Gasteiger partial charge in [0.2, 0.25) is 5.91 Å². The lowest BCUT2D eigenvalue weighted by atomic mass is 9.97. The first-order valence-corrected chi connectivity index (χ1v) is 7.78. The van der Waals surface area contributed by atoms with E-state index in [1.54, 1.807) is 0 Å². The highest BCUT2D eigenvalue weighted by Crippen LogP contribution is 2.30. The monoisotopic (exact) mass is 305 g/mol. The Kier molecular flexibility index (Phi) is 5.95. The van der Waals surface area contributed by atoms with E-state index in [0.717, 1.165) is 18.4 Å². The summed E-state index contributed by atoms with van der Waals surface area (Å²) in [5.74, 6) is -1.12. The zero-order chi connectivity index (χ0) is 15.8. The molecule has 22 heavy (non-hydrogen) atoms. The molecule has 1 saturated carbocycles. The van der Waals surface area contributed by atoms with E-state index >= 15 is 0 Å². The standard InChI is InChI=1S/C17H23NO4/c19-15(18-17(16(20)21)10-4-5-11-17)9-6-12-22-13-14-7-2-1-3-8-14/h1-3,7-8H,4-6,9-13H2,(H,18,19)(H,20,21). The highest BCUT2D eigenvalue weighted by atomic mass is 16.5. The Labute approximate surface area is 130 Å². The lowest BCUT2D eigenvalue weighted by Gasteiger charge is -2.25. The van der Waals surface area contributed by atoms with Crippen LogP contribution in [0, 0.1) is 0 Å². The maximum atomic E-state index is 11.9. The minimum Gasteiger partial charge on any atom is -0.480 e. The normalized spacial score (nSPS) is 16.4. The van der Waals surface area contributed by atoms with Crippen molar-refractivity contribution in [3.63, 3.8) is 0 Å². The molecule has 120 valence electrons. The second-order valence-corrected chi connectivity index (χ2v) is 5.78. The predicted molar refractivity (Wildman–Crippen MR) is 82.3 cm³/mol. The summed E-state index contributed by atoms with van der Waals surface area (Å²) in [6.45, 7) is 1.02. The van der Waals surface area contributed by atoms with Gasteiger partial charge >= 0.3 is 5.97 Å². The van der Waals surface area contributed by atoms with Gasteiger partial charge in [-0.2, -0.15) is 0 Å². The summed E-state index contributed by atoms with van der Waals surface area (Å²) in [6.07, 6.45) is 3.65. The average Bonchev–Trinajstić information content (AvgIpc) is 2.98. The van der Waals surface area contributed by atoms with Crippen LogP contribution in [0.1, 0.15) is 44.1 Å². The van der Waals surface area contributed by atoms with E-state index in [2.05, 4.69) is 5.32 Å². The number of hydrogen-bond donors (Lipinski definition) is 2. The summed E-state index contributed by atoms with van der Waals surface area (Å²) in [4.78, 5) is 23.3. The molecule has 1 aromatic carbocycles. The topological polar surface area (TPSA) is 75.6 Å². The van der Waals surface area contributed by atoms with Crippen LogP contribution in [0.2, 0.25) is 0 Å². The van der Waals surface area contributed by atoms with Crippen molar-refractivity contribution >= 4 is 11.9 Å². The molecule has 0 spiro atoms. The van der Waals surface area contributed by atoms with Crippen molar-refractivity contribution in [3.8, 4) is 0 Å². The van der Waals surface area contributed by atoms with Gasteiger partial charge in [0, 0.05) is 13.0 Å². The molecule has 1 fully saturated rings. The fourth-order valence-corrected chi connectivity index (χ4v) is 2.80. The molecule has 0 unspecified atom stereocenters. The third kappa shape index (κ3) is 4.56. The van der Waals surface area contributed by atoms with Crippen LogP contribution in [0.4, 0.5) is 0 Å². The number of carbonyl (C=O) groups is 2. The van der Waals surface area contributed by atoms with Crippen molar-refractivity contribution in [2.75, 3.05) is 6.61 Å². The fraction of sp³-hybridized carbons (Fsp3) is 0.529. The number of ether oxygens (including phenoxy) is 1. The quantitative estimate of drug-likeness (QED) is 0.724. The third-order valence-corrected chi connectivity index (χ3v) is 4.05. The molecule has 0 aromatic heterocycles. The SMILES string of the molecule is O=C(CCCOCc1ccccc1)NC1(C(=O)O)CCCC1. The molecule has 0 atom stereocenters. The predicted octanol–water partition coefficient (Wildman–Crippen LogP) is 2.50. The fourth-order valence-electron chi connectivity index (χ4n) is 2.80. The van der Waals surface area contributed by atoms with Crippen LogP contribution in [-0.2, 0) is 20.9 Å². The van der Waals surface area contributed by atoms with Gasteiger partial charge in [0.05, 0.1) is 6.61 Å². The molecule has 1 aliphatic carbocycles. The Hall–Kier alpha value is -1.88. The average molecular weight is 305 g/mol. The number of carboxylic acids is 1. The van der Waals surface area contributed by atoms with Crippen LogP contribution in [0.5, 0.6) is 0 Å². The first kappa shape index (κ1) is 16.5. The molecule has 5 nitrogen and oxygen atoms in total. The van der Waals surface area contributed by atoms with E-state index in [9.17, 15) is 14.7 Å². The van der Waals surface area contributed by atoms with E-state index in [-0.39, 0.29) is 5.91 Å². The summed E-state index contributed by atoms with van der Waals surface area (Å²) in [7, 11) is 0. The van der Waals surface area contributed by atoms with E-state index < -0.39 is 11.5 Å². The third-order valence-electron chi connectivity index (χ3n) is 4.05. The zero-order valence-electron chi connectivity index (χ0n) is 12.7. The molecule has 1 amide bonds. The number of aliphatic carboxylic acids is 1. The van der Waals surface area contributed by atoms with Crippen molar-refractivity contribution < 1.29 is 19.4 Å². The largest absolute Gasteiger partial charge is 0.480 e. The number of carboxylic acid groups (broad SMARTS) is 1. The van der Waals surface area contributed by atoms with Gasteiger partial charge < -0.3 is 15.2 Å². The van der Waals surface area contributed by atoms with Crippen LogP contribution in [0.25, 0.3) is 0 Å². The van der Waals surface area contributed by atoms with Crippen LogP contribution in [0.3, 0.4) is 0 Å². The molecule has 0 aliphatic heterocycles. The number of carbonyl (C=O) groups excluding carboxylic acids is 1. The van der Waals surface area contributed by atoms with Crippen molar-refractivity contribution in [1.29, 1.82) is 0 Å². The van der Waals surface area contributed by atoms with Crippen LogP contribution in [0.15, 0.2) is 30.3 Å². The molecule has 0 saturated heterocycles. The molecule has 1 aromatic rings. The van der Waals surface area contributed by atoms with Gasteiger partial charge in [-0.15, -0.1) is 0 Å². The van der Waals surface area contributed by atoms with Gasteiger partial charge in [-0.25, -0.2) is 4.79 Å². The second kappa shape index (κ2) is 7.94. The van der Waals surface area contributed by atoms with Gasteiger partial charge in [-0.3, -0.25) is 4.79 Å². The Bertz CT molecular complexity index is 495. The summed E-state index contributed by atoms with van der Waals surface area (Å²) in [5, 5.41) is 12.0. The van der Waals surface area contributed by atoms with E-state index in [1.807, 2.05) is 30.3 Å². The second-order valence-electron chi connectivity index (χ2n) is 5.78. The van der Waals surface area contributed by atoms with Gasteiger partial charge in [-0.1, -0.05) is 43.2 Å². The molecule has 0 bridgehead atoms. The highest BCUT2D eigenvalue weighted by molar-refractivity contribution is 5.87. The van der Waals surface area contributed by atoms with Crippen LogP contribution < -0.4 is 5.32 Å². The summed E-state index contributed by atoms with van der Waals surface area (Å²) < 4.78 is 5.52.